The third kappa shape index (κ3) is 11.7. The van der Waals surface area contributed by atoms with Crippen molar-refractivity contribution in [3.63, 3.8) is 0 Å². The molecule has 0 amide bonds. The van der Waals surface area contributed by atoms with E-state index < -0.39 is 187 Å². The fourth-order valence-electron chi connectivity index (χ4n) is 15.6. The molecule has 27 heteroatoms. The van der Waals surface area contributed by atoms with Crippen LogP contribution in [0.2, 0.25) is 0 Å². The number of allylic oxidation sites excluding steroid dienone is 5. The molecule has 0 aromatic carbocycles. The fraction of sp³-hybridized carbons (Fsp3) is 0.852. The van der Waals surface area contributed by atoms with Crippen molar-refractivity contribution in [3.8, 4) is 0 Å². The van der Waals surface area contributed by atoms with Crippen LogP contribution in [0.4, 0.5) is 0 Å². The van der Waals surface area contributed by atoms with Gasteiger partial charge < -0.3 is 97.5 Å². The van der Waals surface area contributed by atoms with Gasteiger partial charge in [0.25, 0.3) is 0 Å². The summed E-state index contributed by atoms with van der Waals surface area (Å²) in [5.74, 6) is -1.17. The number of fused-ring (bicyclic) bond motifs is 4. The molecule has 5 aliphatic heterocycles. The monoisotopic (exact) mass is 1180 g/mol. The maximum Gasteiger partial charge on any atom is 1.00 e. The number of cyclic esters (lactones) is 1. The molecule has 9 aliphatic rings. The van der Waals surface area contributed by atoms with Crippen molar-refractivity contribution in [1.82, 2.24) is 0 Å². The van der Waals surface area contributed by atoms with E-state index >= 15 is 0 Å². The standard InChI is InChI=1S/C54H82O25S.Na/c1-24(2)11-10-16-53(8)44-29(72-25(3)56)19-52(7)27-12-13-33-50(4,5)34(15-17-51(33,6)26(27)14-18-54(44,52)49(64)78-53)75-48-43(37(60)32(23-71-48)79-80(65,66)67)77-45-38(61)35(58)31(22-70-45)74-46-39(62)41(28(57)21-69-46)76-47-40(63)42(68-9)36(59)30(20-55)73-47;/h10-12,16,26,28-48,55,57-63H,13-15,17-23H2,1-9H3,(H,65,66,67);/q;+1/p-1/b16-10+;/t26-,28+,29-,30+,31+,32+,33-,34-,35-,36+,37-,38+,39+,40+,41-,42-,43+,44+,45-,46-,47-,48-,51+,52-,53-,54+;/m0./s1. The molecular formula is C54H81NaO25S. The van der Waals surface area contributed by atoms with E-state index in [9.17, 15) is 63.4 Å². The van der Waals surface area contributed by atoms with E-state index in [-0.39, 0.29) is 52.8 Å². The molecular weight excluding hydrogens is 1100 g/mol. The minimum absolute atomic E-state index is 0. The molecule has 0 unspecified atom stereocenters. The number of aliphatic hydroxyl groups excluding tert-OH is 8. The molecule has 3 saturated carbocycles. The van der Waals surface area contributed by atoms with Crippen molar-refractivity contribution in [2.75, 3.05) is 33.5 Å². The predicted octanol–water partition coefficient (Wildman–Crippen LogP) is -3.33. The first kappa shape index (κ1) is 65.3. The van der Waals surface area contributed by atoms with Crippen LogP contribution in [0, 0.1) is 39.4 Å². The predicted molar refractivity (Wildman–Crippen MR) is 269 cm³/mol. The van der Waals surface area contributed by atoms with Crippen molar-refractivity contribution in [1.29, 1.82) is 0 Å². The summed E-state index contributed by atoms with van der Waals surface area (Å²) in [6.45, 7) is 13.4. The van der Waals surface area contributed by atoms with E-state index in [0.717, 1.165) is 11.1 Å². The zero-order valence-corrected chi connectivity index (χ0v) is 50.3. The molecule has 0 aromatic rings. The summed E-state index contributed by atoms with van der Waals surface area (Å²) in [6.07, 6.45) is -17.7. The number of hydrogen-bond acceptors (Lipinski definition) is 25. The summed E-state index contributed by atoms with van der Waals surface area (Å²) < 4.78 is 105. The summed E-state index contributed by atoms with van der Waals surface area (Å²) in [4.78, 5) is 27.3. The van der Waals surface area contributed by atoms with Gasteiger partial charge in [0.15, 0.2) is 25.2 Å². The molecule has 454 valence electrons. The van der Waals surface area contributed by atoms with Gasteiger partial charge in [0.1, 0.15) is 91.1 Å². The van der Waals surface area contributed by atoms with Crippen molar-refractivity contribution >= 4 is 22.3 Å². The van der Waals surface area contributed by atoms with Crippen molar-refractivity contribution in [2.45, 2.75) is 216 Å². The molecule has 5 saturated heterocycles. The smallest absolute Gasteiger partial charge is 0.726 e. The Morgan fingerprint density at radius 3 is 2.06 bits per heavy atom. The van der Waals surface area contributed by atoms with Crippen LogP contribution in [-0.2, 0) is 76.3 Å². The summed E-state index contributed by atoms with van der Waals surface area (Å²) >= 11 is 0. The van der Waals surface area contributed by atoms with E-state index in [0.29, 0.717) is 38.5 Å². The molecule has 0 radical (unpaired) electrons. The van der Waals surface area contributed by atoms with Gasteiger partial charge in [0, 0.05) is 19.4 Å². The molecule has 1 spiro atoms. The summed E-state index contributed by atoms with van der Waals surface area (Å²) in [5, 5.41) is 87.7. The first-order valence-corrected chi connectivity index (χ1v) is 28.9. The quantitative estimate of drug-likeness (QED) is 0.0199. The average Bonchev–Trinajstić information content (AvgIpc) is 3.78. The Hall–Kier alpha value is -1.65. The van der Waals surface area contributed by atoms with E-state index in [2.05, 4.69) is 38.0 Å². The Labute approximate surface area is 493 Å². The normalized spacial score (nSPS) is 48.6. The number of esters is 2. The molecule has 8 N–H and O–H groups in total. The van der Waals surface area contributed by atoms with Gasteiger partial charge in [-0.1, -0.05) is 57.1 Å². The third-order valence-electron chi connectivity index (χ3n) is 19.4. The molecule has 0 aromatic heterocycles. The second-order valence-electron chi connectivity index (χ2n) is 24.8. The average molecular weight is 1190 g/mol. The summed E-state index contributed by atoms with van der Waals surface area (Å²) in [7, 11) is -4.20. The molecule has 25 nitrogen and oxygen atoms in total. The molecule has 4 aliphatic carbocycles. The van der Waals surface area contributed by atoms with Gasteiger partial charge >= 0.3 is 41.5 Å². The van der Waals surface area contributed by atoms with Gasteiger partial charge in [-0.2, -0.15) is 0 Å². The van der Waals surface area contributed by atoms with E-state index in [1.807, 2.05) is 39.0 Å². The second kappa shape index (κ2) is 24.5. The summed E-state index contributed by atoms with van der Waals surface area (Å²) in [6, 6.07) is 0. The van der Waals surface area contributed by atoms with Crippen LogP contribution in [-0.4, -0.2) is 222 Å². The maximum atomic E-state index is 14.6. The number of aliphatic hydroxyl groups is 8. The van der Waals surface area contributed by atoms with Gasteiger partial charge in [-0.3, -0.25) is 13.8 Å². The molecule has 0 bridgehead atoms. The van der Waals surface area contributed by atoms with Crippen LogP contribution < -0.4 is 29.6 Å². The number of carbonyl (C=O) groups excluding carboxylic acids is 2. The Bertz CT molecular complexity index is 2480. The van der Waals surface area contributed by atoms with Crippen molar-refractivity contribution in [3.05, 3.63) is 35.5 Å². The Morgan fingerprint density at radius 2 is 1.41 bits per heavy atom. The minimum atomic E-state index is -5.40. The van der Waals surface area contributed by atoms with Crippen LogP contribution in [0.3, 0.4) is 0 Å². The topological polar surface area (TPSA) is 364 Å². The largest absolute Gasteiger partial charge is 1.00 e. The van der Waals surface area contributed by atoms with E-state index in [1.54, 1.807) is 0 Å². The molecule has 81 heavy (non-hydrogen) atoms. The van der Waals surface area contributed by atoms with Crippen LogP contribution in [0.25, 0.3) is 0 Å². The van der Waals surface area contributed by atoms with E-state index in [1.165, 1.54) is 14.0 Å². The van der Waals surface area contributed by atoms with E-state index in [4.69, 9.17) is 52.1 Å². The molecule has 5 heterocycles. The SMILES string of the molecule is CO[C@@H]1[C@@H](O)[C@H](O[C@@H]2[C@@H](O)[C@H](O[C@@H]3CO[C@@H](O[C@H]4[C@H](O[C@H]5CC[C@]6(C)[C@H]7CC[C@]89C(=O)O[C@@](C)(/C=C/C=C(C)C)[C@H]8[C@@H](OC(C)=O)C[C@@]9(C)C7=CC[C@H]6C5(C)C)OC[C@@H](OS(=O)(=O)[O-])[C@@H]4O)[C@H](O)[C@H]3O)OC[C@H]2O)O[C@H](CO)[C@H]1O.[Na+]. The first-order valence-electron chi connectivity index (χ1n) is 27.6. The molecule has 9 rings (SSSR count). The number of ether oxygens (including phenoxy) is 11. The van der Waals surface area contributed by atoms with Crippen LogP contribution in [0.1, 0.15) is 93.9 Å². The van der Waals surface area contributed by atoms with Gasteiger partial charge in [-0.15, -0.1) is 0 Å². The Kier molecular flexibility index (Phi) is 19.8. The van der Waals surface area contributed by atoms with Gasteiger partial charge in [0.2, 0.25) is 10.4 Å². The van der Waals surface area contributed by atoms with Crippen LogP contribution >= 0.6 is 0 Å². The third-order valence-corrected chi connectivity index (χ3v) is 19.9. The van der Waals surface area contributed by atoms with Crippen molar-refractivity contribution in [2.24, 2.45) is 39.4 Å². The van der Waals surface area contributed by atoms with Gasteiger partial charge in [0.05, 0.1) is 43.9 Å². The molecule has 8 fully saturated rings. The number of rotatable bonds is 15. The Balaban J connectivity index is 0.00000860. The number of methoxy groups -OCH3 is 1. The second-order valence-corrected chi connectivity index (χ2v) is 25.8. The number of hydrogen-bond donors (Lipinski definition) is 8. The molecule has 26 atom stereocenters. The van der Waals surface area contributed by atoms with Gasteiger partial charge in [-0.25, -0.2) is 8.42 Å². The fourth-order valence-corrected chi connectivity index (χ4v) is 16.1. The zero-order valence-electron chi connectivity index (χ0n) is 47.5. The summed E-state index contributed by atoms with van der Waals surface area (Å²) in [5.41, 5.74) is -1.44. The zero-order chi connectivity index (χ0) is 58.4. The number of carbonyl (C=O) groups is 2. The van der Waals surface area contributed by atoms with Gasteiger partial charge in [-0.05, 0) is 88.0 Å². The first-order chi connectivity index (χ1) is 37.5. The minimum Gasteiger partial charge on any atom is -0.726 e. The van der Waals surface area contributed by atoms with Crippen molar-refractivity contribution < 1.29 is 149 Å². The van der Waals surface area contributed by atoms with Crippen LogP contribution in [0.5, 0.6) is 0 Å². The Morgan fingerprint density at radius 1 is 0.765 bits per heavy atom. The maximum absolute atomic E-state index is 14.6. The van der Waals surface area contributed by atoms with Crippen LogP contribution in [0.15, 0.2) is 35.5 Å².